The number of hydrogen-bond donors (Lipinski definition) is 1. The lowest BCUT2D eigenvalue weighted by Crippen LogP contribution is -2.24. The van der Waals surface area contributed by atoms with E-state index in [1.54, 1.807) is 18.3 Å². The number of rotatable bonds is 5. The number of hydrogen-bond acceptors (Lipinski definition) is 2. The molecule has 0 aliphatic carbocycles. The fourth-order valence-electron chi connectivity index (χ4n) is 2.14. The summed E-state index contributed by atoms with van der Waals surface area (Å²) in [7, 11) is 0. The lowest BCUT2D eigenvalue weighted by molar-refractivity contribution is 0.541. The van der Waals surface area contributed by atoms with Crippen LogP contribution in [0.3, 0.4) is 0 Å². The van der Waals surface area contributed by atoms with E-state index in [0.29, 0.717) is 0 Å². The molecule has 0 aliphatic rings. The standard InChI is InChI=1S/C14H17ClFN3/c1-3-17-14(13-7-8-18-19(13)4-2)10-5-6-12(16)11(15)9-10/h5-9,14,17H,3-4H2,1-2H3. The maximum absolute atomic E-state index is 13.3. The predicted octanol–water partition coefficient (Wildman–Crippen LogP) is 3.39. The van der Waals surface area contributed by atoms with Crippen LogP contribution >= 0.6 is 11.6 Å². The molecule has 2 rings (SSSR count). The molecule has 0 radical (unpaired) electrons. The maximum Gasteiger partial charge on any atom is 0.141 e. The predicted molar refractivity (Wildman–Crippen MR) is 74.8 cm³/mol. The van der Waals surface area contributed by atoms with Crippen LogP contribution in [0.4, 0.5) is 4.39 Å². The van der Waals surface area contributed by atoms with Crippen LogP contribution in [0.15, 0.2) is 30.5 Å². The monoisotopic (exact) mass is 281 g/mol. The minimum atomic E-state index is -0.398. The minimum Gasteiger partial charge on any atom is -0.305 e. The van der Waals surface area contributed by atoms with E-state index in [2.05, 4.69) is 10.4 Å². The molecule has 1 atom stereocenters. The van der Waals surface area contributed by atoms with Crippen molar-refractivity contribution in [2.24, 2.45) is 0 Å². The molecule has 0 aliphatic heterocycles. The van der Waals surface area contributed by atoms with Gasteiger partial charge >= 0.3 is 0 Å². The Labute approximate surface area is 117 Å². The Balaban J connectivity index is 2.42. The van der Waals surface area contributed by atoms with Gasteiger partial charge in [-0.3, -0.25) is 4.68 Å². The number of nitrogens with one attached hydrogen (secondary N) is 1. The second kappa shape index (κ2) is 6.17. The first kappa shape index (κ1) is 14.0. The van der Waals surface area contributed by atoms with Crippen molar-refractivity contribution in [1.29, 1.82) is 0 Å². The van der Waals surface area contributed by atoms with Crippen molar-refractivity contribution in [2.45, 2.75) is 26.4 Å². The molecule has 0 amide bonds. The number of nitrogens with zero attached hydrogens (tertiary/aromatic N) is 2. The Bertz CT molecular complexity index is 553. The quantitative estimate of drug-likeness (QED) is 0.910. The van der Waals surface area contributed by atoms with Crippen molar-refractivity contribution in [3.63, 3.8) is 0 Å². The molecule has 0 fully saturated rings. The maximum atomic E-state index is 13.3. The normalized spacial score (nSPS) is 12.6. The summed E-state index contributed by atoms with van der Waals surface area (Å²) in [5, 5.41) is 7.80. The third-order valence-electron chi connectivity index (χ3n) is 3.03. The van der Waals surface area contributed by atoms with Crippen molar-refractivity contribution < 1.29 is 4.39 Å². The van der Waals surface area contributed by atoms with E-state index in [0.717, 1.165) is 24.3 Å². The zero-order valence-electron chi connectivity index (χ0n) is 11.0. The Morgan fingerprint density at radius 3 is 2.79 bits per heavy atom. The van der Waals surface area contributed by atoms with E-state index in [1.165, 1.54) is 6.07 Å². The largest absolute Gasteiger partial charge is 0.305 e. The van der Waals surface area contributed by atoms with Gasteiger partial charge in [-0.1, -0.05) is 24.6 Å². The van der Waals surface area contributed by atoms with Crippen LogP contribution in [0.5, 0.6) is 0 Å². The second-order valence-corrected chi connectivity index (χ2v) is 4.64. The van der Waals surface area contributed by atoms with Gasteiger partial charge in [0, 0.05) is 12.7 Å². The SMILES string of the molecule is CCNC(c1ccc(F)c(Cl)c1)c1ccnn1CC. The molecular formula is C14H17ClFN3. The summed E-state index contributed by atoms with van der Waals surface area (Å²) in [4.78, 5) is 0. The highest BCUT2D eigenvalue weighted by Gasteiger charge is 2.18. The molecule has 19 heavy (non-hydrogen) atoms. The Hall–Kier alpha value is -1.39. The molecule has 0 saturated carbocycles. The first-order valence-electron chi connectivity index (χ1n) is 6.37. The van der Waals surface area contributed by atoms with Gasteiger partial charge in [-0.15, -0.1) is 0 Å². The number of benzene rings is 1. The van der Waals surface area contributed by atoms with E-state index in [4.69, 9.17) is 11.6 Å². The van der Waals surface area contributed by atoms with Gasteiger partial charge in [-0.2, -0.15) is 5.10 Å². The molecule has 3 nitrogen and oxygen atoms in total. The second-order valence-electron chi connectivity index (χ2n) is 4.24. The minimum absolute atomic E-state index is 0.0365. The van der Waals surface area contributed by atoms with Gasteiger partial charge in [-0.25, -0.2) is 4.39 Å². The molecule has 1 aromatic carbocycles. The molecule has 0 bridgehead atoms. The molecule has 0 spiro atoms. The van der Waals surface area contributed by atoms with Crippen molar-refractivity contribution in [1.82, 2.24) is 15.1 Å². The zero-order valence-corrected chi connectivity index (χ0v) is 11.8. The highest BCUT2D eigenvalue weighted by molar-refractivity contribution is 6.30. The average molecular weight is 282 g/mol. The van der Waals surface area contributed by atoms with Crippen LogP contribution in [-0.4, -0.2) is 16.3 Å². The molecule has 1 aromatic heterocycles. The first-order chi connectivity index (χ1) is 9.17. The Morgan fingerprint density at radius 2 is 2.16 bits per heavy atom. The van der Waals surface area contributed by atoms with Gasteiger partial charge in [0.25, 0.3) is 0 Å². The molecule has 1 N–H and O–H groups in total. The topological polar surface area (TPSA) is 29.9 Å². The third kappa shape index (κ3) is 2.96. The molecular weight excluding hydrogens is 265 g/mol. The van der Waals surface area contributed by atoms with Crippen molar-refractivity contribution in [3.8, 4) is 0 Å². The van der Waals surface area contributed by atoms with Crippen LogP contribution in [0.25, 0.3) is 0 Å². The number of aryl methyl sites for hydroxylation is 1. The van der Waals surface area contributed by atoms with Gasteiger partial charge < -0.3 is 5.32 Å². The van der Waals surface area contributed by atoms with E-state index in [9.17, 15) is 4.39 Å². The molecule has 5 heteroatoms. The Kier molecular flexibility index (Phi) is 4.56. The lowest BCUT2D eigenvalue weighted by atomic mass is 10.0. The van der Waals surface area contributed by atoms with Crippen molar-refractivity contribution in [3.05, 3.63) is 52.6 Å². The first-order valence-corrected chi connectivity index (χ1v) is 6.75. The van der Waals surface area contributed by atoms with E-state index in [-0.39, 0.29) is 11.1 Å². The van der Waals surface area contributed by atoms with Gasteiger partial charge in [0.05, 0.1) is 16.8 Å². The van der Waals surface area contributed by atoms with E-state index in [1.807, 2.05) is 24.6 Å². The average Bonchev–Trinajstić information content (AvgIpc) is 2.87. The summed E-state index contributed by atoms with van der Waals surface area (Å²) in [6, 6.07) is 6.74. The summed E-state index contributed by atoms with van der Waals surface area (Å²) in [5.41, 5.74) is 1.98. The smallest absolute Gasteiger partial charge is 0.141 e. The van der Waals surface area contributed by atoms with Gasteiger partial charge in [0.2, 0.25) is 0 Å². The molecule has 1 unspecified atom stereocenters. The van der Waals surface area contributed by atoms with Gasteiger partial charge in [0.15, 0.2) is 0 Å². The summed E-state index contributed by atoms with van der Waals surface area (Å²) in [6.45, 7) is 5.66. The van der Waals surface area contributed by atoms with E-state index < -0.39 is 5.82 Å². The molecule has 1 heterocycles. The Morgan fingerprint density at radius 1 is 1.37 bits per heavy atom. The van der Waals surface area contributed by atoms with Crippen LogP contribution in [0, 0.1) is 5.82 Å². The third-order valence-corrected chi connectivity index (χ3v) is 3.32. The van der Waals surface area contributed by atoms with E-state index >= 15 is 0 Å². The van der Waals surface area contributed by atoms with Crippen LogP contribution in [0.1, 0.15) is 31.1 Å². The van der Waals surface area contributed by atoms with Crippen molar-refractivity contribution in [2.75, 3.05) is 6.54 Å². The highest BCUT2D eigenvalue weighted by Crippen LogP contribution is 2.25. The zero-order chi connectivity index (χ0) is 13.8. The summed E-state index contributed by atoms with van der Waals surface area (Å²) in [5.74, 6) is -0.398. The van der Waals surface area contributed by atoms with Crippen LogP contribution in [0.2, 0.25) is 5.02 Å². The molecule has 0 saturated heterocycles. The van der Waals surface area contributed by atoms with Crippen LogP contribution in [-0.2, 0) is 6.54 Å². The van der Waals surface area contributed by atoms with Crippen molar-refractivity contribution >= 4 is 11.6 Å². The summed E-state index contributed by atoms with van der Waals surface area (Å²) >= 11 is 5.87. The number of halogens is 2. The highest BCUT2D eigenvalue weighted by atomic mass is 35.5. The molecule has 2 aromatic rings. The lowest BCUT2D eigenvalue weighted by Gasteiger charge is -2.20. The van der Waals surface area contributed by atoms with Crippen LogP contribution < -0.4 is 5.32 Å². The molecule has 102 valence electrons. The van der Waals surface area contributed by atoms with Gasteiger partial charge in [-0.05, 0) is 37.2 Å². The summed E-state index contributed by atoms with van der Waals surface area (Å²) < 4.78 is 15.2. The van der Waals surface area contributed by atoms with Gasteiger partial charge in [0.1, 0.15) is 5.82 Å². The fourth-order valence-corrected chi connectivity index (χ4v) is 2.33. The number of aromatic nitrogens is 2. The summed E-state index contributed by atoms with van der Waals surface area (Å²) in [6.07, 6.45) is 1.77. The fraction of sp³-hybridized carbons (Fsp3) is 0.357.